The molecule has 7 heteroatoms. The molecule has 0 aliphatic carbocycles. The number of para-hydroxylation sites is 1. The van der Waals surface area contributed by atoms with Crippen LogP contribution in [0.1, 0.15) is 17.3 Å². The number of ether oxygens (including phenoxy) is 1. The van der Waals surface area contributed by atoms with Gasteiger partial charge in [-0.3, -0.25) is 4.31 Å². The molecule has 1 heterocycles. The van der Waals surface area contributed by atoms with Crippen LogP contribution >= 0.6 is 11.3 Å². The van der Waals surface area contributed by atoms with Crippen LogP contribution in [-0.4, -0.2) is 27.5 Å². The highest BCUT2D eigenvalue weighted by Gasteiger charge is 2.28. The van der Waals surface area contributed by atoms with Crippen molar-refractivity contribution in [3.05, 3.63) is 60.0 Å². The molecule has 1 aromatic heterocycles. The minimum atomic E-state index is -3.77. The third-order valence-electron chi connectivity index (χ3n) is 3.00. The monoisotopic (exact) mass is 351 g/mol. The predicted molar refractivity (Wildman–Crippen MR) is 91.4 cm³/mol. The van der Waals surface area contributed by atoms with Gasteiger partial charge in [0.25, 0.3) is 10.0 Å². The van der Waals surface area contributed by atoms with Crippen molar-refractivity contribution in [2.75, 3.05) is 17.5 Å². The second-order valence-electron chi connectivity index (χ2n) is 4.49. The predicted octanol–water partition coefficient (Wildman–Crippen LogP) is 3.31. The summed E-state index contributed by atoms with van der Waals surface area (Å²) in [5, 5.41) is 1.69. The molecule has 0 saturated heterocycles. The SMILES string of the molecule is C=CCN(c1ccccc1C(=O)OCC)S(=O)(=O)c1cccs1. The number of hydrogen-bond donors (Lipinski definition) is 0. The van der Waals surface area contributed by atoms with Crippen molar-refractivity contribution in [2.24, 2.45) is 0 Å². The molecule has 0 saturated carbocycles. The minimum absolute atomic E-state index is 0.0522. The van der Waals surface area contributed by atoms with Crippen molar-refractivity contribution in [3.8, 4) is 0 Å². The number of anilines is 1. The van der Waals surface area contributed by atoms with Gasteiger partial charge in [0.05, 0.1) is 24.4 Å². The first-order valence-electron chi connectivity index (χ1n) is 6.95. The molecule has 0 atom stereocenters. The first-order valence-corrected chi connectivity index (χ1v) is 9.27. The molecule has 0 spiro atoms. The Morgan fingerprint density at radius 1 is 1.30 bits per heavy atom. The third-order valence-corrected chi connectivity index (χ3v) is 6.16. The highest BCUT2D eigenvalue weighted by molar-refractivity contribution is 7.94. The van der Waals surface area contributed by atoms with Gasteiger partial charge in [0.1, 0.15) is 4.21 Å². The summed E-state index contributed by atoms with van der Waals surface area (Å²) in [4.78, 5) is 12.1. The molecule has 2 aromatic rings. The quantitative estimate of drug-likeness (QED) is 0.567. The number of rotatable bonds is 7. The summed E-state index contributed by atoms with van der Waals surface area (Å²) in [5.74, 6) is -0.557. The highest BCUT2D eigenvalue weighted by Crippen LogP contribution is 2.29. The van der Waals surface area contributed by atoms with Gasteiger partial charge in [0, 0.05) is 0 Å². The molecule has 1 aromatic carbocycles. The van der Waals surface area contributed by atoms with Crippen LogP contribution in [0.5, 0.6) is 0 Å². The highest BCUT2D eigenvalue weighted by atomic mass is 32.2. The maximum Gasteiger partial charge on any atom is 0.340 e. The van der Waals surface area contributed by atoms with Gasteiger partial charge >= 0.3 is 5.97 Å². The average Bonchev–Trinajstić information content (AvgIpc) is 3.08. The Morgan fingerprint density at radius 3 is 2.65 bits per heavy atom. The molecule has 0 bridgehead atoms. The average molecular weight is 351 g/mol. The molecule has 5 nitrogen and oxygen atoms in total. The first kappa shape index (κ1) is 17.2. The van der Waals surface area contributed by atoms with Crippen LogP contribution in [0, 0.1) is 0 Å². The van der Waals surface area contributed by atoms with Crippen molar-refractivity contribution in [2.45, 2.75) is 11.1 Å². The first-order chi connectivity index (χ1) is 11.0. The summed E-state index contributed by atoms with van der Waals surface area (Å²) in [6.45, 7) is 5.58. The van der Waals surface area contributed by atoms with E-state index in [0.717, 1.165) is 15.6 Å². The number of nitrogens with zero attached hydrogens (tertiary/aromatic N) is 1. The van der Waals surface area contributed by atoms with Crippen molar-refractivity contribution in [1.29, 1.82) is 0 Å². The van der Waals surface area contributed by atoms with Gasteiger partial charge in [-0.1, -0.05) is 24.3 Å². The maximum atomic E-state index is 12.9. The van der Waals surface area contributed by atoms with Crippen molar-refractivity contribution in [3.63, 3.8) is 0 Å². The molecule has 0 aliphatic heterocycles. The fraction of sp³-hybridized carbons (Fsp3) is 0.188. The zero-order valence-corrected chi connectivity index (χ0v) is 14.3. The molecule has 2 rings (SSSR count). The molecule has 0 fully saturated rings. The second-order valence-corrected chi connectivity index (χ2v) is 7.53. The van der Waals surface area contributed by atoms with E-state index in [4.69, 9.17) is 4.74 Å². The summed E-state index contributed by atoms with van der Waals surface area (Å²) in [6.07, 6.45) is 1.48. The van der Waals surface area contributed by atoms with Crippen LogP contribution < -0.4 is 4.31 Å². The molecule has 0 N–H and O–H groups in total. The van der Waals surface area contributed by atoms with Gasteiger partial charge in [-0.2, -0.15) is 0 Å². The van der Waals surface area contributed by atoms with Gasteiger partial charge in [0.15, 0.2) is 0 Å². The van der Waals surface area contributed by atoms with E-state index in [1.54, 1.807) is 42.6 Å². The Bertz CT molecular complexity index is 782. The Labute approximate surface area is 139 Å². The number of sulfonamides is 1. The van der Waals surface area contributed by atoms with Crippen LogP contribution in [0.25, 0.3) is 0 Å². The second kappa shape index (κ2) is 7.43. The molecular weight excluding hydrogens is 334 g/mol. The topological polar surface area (TPSA) is 63.7 Å². The Balaban J connectivity index is 2.55. The van der Waals surface area contributed by atoms with Crippen LogP contribution in [0.2, 0.25) is 0 Å². The van der Waals surface area contributed by atoms with Gasteiger partial charge in [-0.15, -0.1) is 17.9 Å². The molecule has 0 amide bonds. The summed E-state index contributed by atoms with van der Waals surface area (Å²) >= 11 is 1.12. The number of hydrogen-bond acceptors (Lipinski definition) is 5. The van der Waals surface area contributed by atoms with Gasteiger partial charge in [-0.25, -0.2) is 13.2 Å². The normalized spacial score (nSPS) is 11.0. The number of thiophene rings is 1. The molecule has 0 aliphatic rings. The largest absolute Gasteiger partial charge is 0.462 e. The standard InChI is InChI=1S/C16H17NO4S2/c1-3-11-17(23(19,20)15-10-7-12-22-15)14-9-6-5-8-13(14)16(18)21-4-2/h3,5-10,12H,1,4,11H2,2H3. The summed E-state index contributed by atoms with van der Waals surface area (Å²) in [7, 11) is -3.77. The lowest BCUT2D eigenvalue weighted by Crippen LogP contribution is -2.32. The van der Waals surface area contributed by atoms with Crippen LogP contribution in [0.3, 0.4) is 0 Å². The lowest BCUT2D eigenvalue weighted by atomic mass is 10.2. The van der Waals surface area contributed by atoms with Gasteiger partial charge < -0.3 is 4.74 Å². The third kappa shape index (κ3) is 3.62. The Hall–Kier alpha value is -2.12. The lowest BCUT2D eigenvalue weighted by molar-refractivity contribution is 0.0527. The Morgan fingerprint density at radius 2 is 2.04 bits per heavy atom. The number of carbonyl (C=O) groups excluding carboxylic acids is 1. The van der Waals surface area contributed by atoms with E-state index in [2.05, 4.69) is 6.58 Å². The molecule has 23 heavy (non-hydrogen) atoms. The van der Waals surface area contributed by atoms with E-state index in [9.17, 15) is 13.2 Å². The van der Waals surface area contributed by atoms with E-state index >= 15 is 0 Å². The van der Waals surface area contributed by atoms with Crippen LogP contribution in [0.15, 0.2) is 58.6 Å². The fourth-order valence-corrected chi connectivity index (χ4v) is 4.59. The number of benzene rings is 1. The van der Waals surface area contributed by atoms with E-state index in [-0.39, 0.29) is 28.6 Å². The van der Waals surface area contributed by atoms with E-state index in [1.807, 2.05) is 0 Å². The number of carbonyl (C=O) groups is 1. The molecular formula is C16H17NO4S2. The minimum Gasteiger partial charge on any atom is -0.462 e. The van der Waals surface area contributed by atoms with Gasteiger partial charge in [0.2, 0.25) is 0 Å². The van der Waals surface area contributed by atoms with Crippen LogP contribution in [-0.2, 0) is 14.8 Å². The molecule has 0 radical (unpaired) electrons. The van der Waals surface area contributed by atoms with Crippen molar-refractivity contribution < 1.29 is 17.9 Å². The lowest BCUT2D eigenvalue weighted by Gasteiger charge is -2.24. The Kier molecular flexibility index (Phi) is 5.57. The summed E-state index contributed by atoms with van der Waals surface area (Å²) < 4.78 is 32.1. The maximum absolute atomic E-state index is 12.9. The van der Waals surface area contributed by atoms with E-state index in [1.165, 1.54) is 12.1 Å². The van der Waals surface area contributed by atoms with Crippen molar-refractivity contribution in [1.82, 2.24) is 0 Å². The zero-order valence-electron chi connectivity index (χ0n) is 12.6. The molecule has 0 unspecified atom stereocenters. The van der Waals surface area contributed by atoms with E-state index in [0.29, 0.717) is 0 Å². The number of esters is 1. The van der Waals surface area contributed by atoms with Crippen LogP contribution in [0.4, 0.5) is 5.69 Å². The van der Waals surface area contributed by atoms with Crippen molar-refractivity contribution >= 4 is 33.0 Å². The summed E-state index contributed by atoms with van der Waals surface area (Å²) in [6, 6.07) is 9.68. The fourth-order valence-electron chi connectivity index (χ4n) is 2.03. The summed E-state index contributed by atoms with van der Waals surface area (Å²) in [5.41, 5.74) is 0.482. The van der Waals surface area contributed by atoms with E-state index < -0.39 is 16.0 Å². The smallest absolute Gasteiger partial charge is 0.340 e. The zero-order chi connectivity index (χ0) is 16.9. The molecule has 122 valence electrons. The van der Waals surface area contributed by atoms with Gasteiger partial charge in [-0.05, 0) is 30.5 Å².